The van der Waals surface area contributed by atoms with Crippen LogP contribution < -0.4 is 4.74 Å². The third kappa shape index (κ3) is 6.50. The highest BCUT2D eigenvalue weighted by molar-refractivity contribution is 5.61. The molecular weight excluding hydrogens is 330 g/mol. The summed E-state index contributed by atoms with van der Waals surface area (Å²) in [6, 6.07) is 11.9. The number of ether oxygens (including phenoxy) is 1. The van der Waals surface area contributed by atoms with Crippen molar-refractivity contribution < 1.29 is 4.74 Å². The van der Waals surface area contributed by atoms with Crippen molar-refractivity contribution in [2.75, 3.05) is 0 Å². The molecule has 2 nitrogen and oxygen atoms in total. The summed E-state index contributed by atoms with van der Waals surface area (Å²) in [5, 5.41) is 0. The lowest BCUT2D eigenvalue weighted by Gasteiger charge is -2.14. The summed E-state index contributed by atoms with van der Waals surface area (Å²) in [6.07, 6.45) is 6.42. The van der Waals surface area contributed by atoms with Crippen LogP contribution in [-0.4, -0.2) is 6.10 Å². The van der Waals surface area contributed by atoms with Crippen molar-refractivity contribution in [3.05, 3.63) is 70.1 Å². The fraction of sp³-hybridized carbons (Fsp3) is 0.400. The highest BCUT2D eigenvalue weighted by atomic mass is 16.5. The summed E-state index contributed by atoms with van der Waals surface area (Å²) in [5.41, 5.74) is 4.59. The molecule has 1 atom stereocenters. The molecule has 0 saturated carbocycles. The Kier molecular flexibility index (Phi) is 7.97. The standard InChI is InChI=1S/C25H29NO/c1-6-7-8-9-10-21(4)27-24-15-13-22(14-16-24)11-12-23-17-19(2)25(26-5)20(3)18-23/h13-18,21H,6-10H2,1-4H3/t21-/m0/s1. The molecule has 0 radical (unpaired) electrons. The van der Waals surface area contributed by atoms with Crippen LogP contribution in [0.25, 0.3) is 4.85 Å². The Morgan fingerprint density at radius 3 is 2.19 bits per heavy atom. The number of nitrogens with zero attached hydrogens (tertiary/aromatic N) is 1. The van der Waals surface area contributed by atoms with Crippen molar-refractivity contribution in [1.82, 2.24) is 0 Å². The first-order valence-corrected chi connectivity index (χ1v) is 9.81. The van der Waals surface area contributed by atoms with Crippen molar-refractivity contribution in [3.8, 4) is 17.6 Å². The highest BCUT2D eigenvalue weighted by Crippen LogP contribution is 2.24. The molecule has 0 amide bonds. The van der Waals surface area contributed by atoms with Crippen molar-refractivity contribution in [2.45, 2.75) is 65.9 Å². The minimum Gasteiger partial charge on any atom is -0.491 e. The molecule has 0 saturated heterocycles. The monoisotopic (exact) mass is 359 g/mol. The van der Waals surface area contributed by atoms with Crippen LogP contribution in [0.15, 0.2) is 36.4 Å². The van der Waals surface area contributed by atoms with Crippen molar-refractivity contribution in [3.63, 3.8) is 0 Å². The van der Waals surface area contributed by atoms with Gasteiger partial charge in [0.2, 0.25) is 0 Å². The van der Waals surface area contributed by atoms with Crippen LogP contribution >= 0.6 is 0 Å². The summed E-state index contributed by atoms with van der Waals surface area (Å²) in [4.78, 5) is 3.58. The van der Waals surface area contributed by atoms with Gasteiger partial charge in [0.15, 0.2) is 5.69 Å². The Hall–Kier alpha value is -2.71. The van der Waals surface area contributed by atoms with E-state index in [1.165, 1.54) is 25.7 Å². The zero-order valence-electron chi connectivity index (χ0n) is 16.9. The van der Waals surface area contributed by atoms with Crippen LogP contribution in [-0.2, 0) is 0 Å². The molecule has 2 rings (SSSR count). The van der Waals surface area contributed by atoms with E-state index in [2.05, 4.69) is 30.5 Å². The van der Waals surface area contributed by atoms with Crippen molar-refractivity contribution >= 4 is 5.69 Å². The largest absolute Gasteiger partial charge is 0.491 e. The van der Waals surface area contributed by atoms with E-state index in [4.69, 9.17) is 11.3 Å². The molecular formula is C25H29NO. The van der Waals surface area contributed by atoms with E-state index in [9.17, 15) is 0 Å². The van der Waals surface area contributed by atoms with Gasteiger partial charge >= 0.3 is 0 Å². The SMILES string of the molecule is [C-]#[N+]c1c(C)cc(C#Cc2ccc(O[C@@H](C)CCCCCC)cc2)cc1C. The molecule has 0 spiro atoms. The van der Waals surface area contributed by atoms with Gasteiger partial charge in [-0.1, -0.05) is 50.2 Å². The second-order valence-corrected chi connectivity index (χ2v) is 7.12. The summed E-state index contributed by atoms with van der Waals surface area (Å²) in [7, 11) is 0. The van der Waals surface area contributed by atoms with Gasteiger partial charge in [-0.25, -0.2) is 4.85 Å². The summed E-state index contributed by atoms with van der Waals surface area (Å²) in [6.45, 7) is 15.5. The van der Waals surface area contributed by atoms with Crippen LogP contribution in [0.3, 0.4) is 0 Å². The maximum Gasteiger partial charge on any atom is 0.193 e. The molecule has 2 aromatic rings. The highest BCUT2D eigenvalue weighted by Gasteiger charge is 2.05. The van der Waals surface area contributed by atoms with Crippen LogP contribution in [0.1, 0.15) is 68.2 Å². The lowest BCUT2D eigenvalue weighted by molar-refractivity contribution is 0.206. The molecule has 0 aromatic heterocycles. The van der Waals surface area contributed by atoms with E-state index >= 15 is 0 Å². The quantitative estimate of drug-likeness (QED) is 0.295. The predicted molar refractivity (Wildman–Crippen MR) is 113 cm³/mol. The predicted octanol–water partition coefficient (Wildman–Crippen LogP) is 6.99. The minimum atomic E-state index is 0.241. The average Bonchev–Trinajstić information content (AvgIpc) is 2.64. The zero-order chi connectivity index (χ0) is 19.6. The first kappa shape index (κ1) is 20.6. The van der Waals surface area contributed by atoms with Crippen LogP contribution in [0, 0.1) is 32.3 Å². The normalized spacial score (nSPS) is 11.2. The molecule has 0 aliphatic rings. The molecule has 27 heavy (non-hydrogen) atoms. The second-order valence-electron chi connectivity index (χ2n) is 7.12. The Bertz CT molecular complexity index is 824. The lowest BCUT2D eigenvalue weighted by Crippen LogP contribution is -2.11. The van der Waals surface area contributed by atoms with Crippen molar-refractivity contribution in [2.24, 2.45) is 0 Å². The summed E-state index contributed by atoms with van der Waals surface area (Å²) >= 11 is 0. The van der Waals surface area contributed by atoms with E-state index in [1.54, 1.807) is 0 Å². The first-order valence-electron chi connectivity index (χ1n) is 9.81. The minimum absolute atomic E-state index is 0.241. The van der Waals surface area contributed by atoms with Crippen LogP contribution in [0.4, 0.5) is 5.69 Å². The van der Waals surface area contributed by atoms with Gasteiger partial charge < -0.3 is 4.74 Å². The van der Waals surface area contributed by atoms with Gasteiger partial charge in [-0.2, -0.15) is 0 Å². The molecule has 0 heterocycles. The van der Waals surface area contributed by atoms with Crippen LogP contribution in [0.2, 0.25) is 0 Å². The van der Waals surface area contributed by atoms with E-state index in [1.807, 2.05) is 50.2 Å². The zero-order valence-corrected chi connectivity index (χ0v) is 16.9. The summed E-state index contributed by atoms with van der Waals surface area (Å²) < 4.78 is 5.99. The second kappa shape index (κ2) is 10.4. The topological polar surface area (TPSA) is 13.6 Å². The van der Waals surface area contributed by atoms with Crippen LogP contribution in [0.5, 0.6) is 5.75 Å². The average molecular weight is 360 g/mol. The van der Waals surface area contributed by atoms with Gasteiger partial charge in [0, 0.05) is 11.1 Å². The van der Waals surface area contributed by atoms with Gasteiger partial charge in [-0.3, -0.25) is 0 Å². The maximum atomic E-state index is 7.23. The first-order chi connectivity index (χ1) is 13.0. The Morgan fingerprint density at radius 2 is 1.59 bits per heavy atom. The fourth-order valence-electron chi connectivity index (χ4n) is 3.12. The van der Waals surface area contributed by atoms with E-state index in [-0.39, 0.29) is 6.10 Å². The van der Waals surface area contributed by atoms with E-state index in [0.717, 1.165) is 40.1 Å². The molecule has 0 unspecified atom stereocenters. The molecule has 140 valence electrons. The third-order valence-electron chi connectivity index (χ3n) is 4.61. The number of aryl methyl sites for hydroxylation is 2. The molecule has 0 fully saturated rings. The molecule has 0 aliphatic heterocycles. The van der Waals surface area contributed by atoms with E-state index < -0.39 is 0 Å². The number of benzene rings is 2. The van der Waals surface area contributed by atoms with E-state index in [0.29, 0.717) is 0 Å². The van der Waals surface area contributed by atoms with Gasteiger partial charge in [-0.15, -0.1) is 0 Å². The molecule has 0 aliphatic carbocycles. The number of hydrogen-bond acceptors (Lipinski definition) is 1. The molecule has 0 N–H and O–H groups in total. The van der Waals surface area contributed by atoms with Crippen molar-refractivity contribution in [1.29, 1.82) is 0 Å². The molecule has 2 aromatic carbocycles. The summed E-state index contributed by atoms with van der Waals surface area (Å²) in [5.74, 6) is 7.30. The Balaban J connectivity index is 1.97. The lowest BCUT2D eigenvalue weighted by atomic mass is 10.0. The third-order valence-corrected chi connectivity index (χ3v) is 4.61. The molecule has 2 heteroatoms. The maximum absolute atomic E-state index is 7.23. The fourth-order valence-corrected chi connectivity index (χ4v) is 3.12. The molecule has 0 bridgehead atoms. The van der Waals surface area contributed by atoms with Gasteiger partial charge in [0.1, 0.15) is 5.75 Å². The smallest absolute Gasteiger partial charge is 0.193 e. The number of hydrogen-bond donors (Lipinski definition) is 0. The van der Waals surface area contributed by atoms with Gasteiger partial charge in [0.25, 0.3) is 0 Å². The van der Waals surface area contributed by atoms with Gasteiger partial charge in [-0.05, 0) is 69.0 Å². The van der Waals surface area contributed by atoms with Gasteiger partial charge in [0.05, 0.1) is 12.7 Å². The number of unbranched alkanes of at least 4 members (excludes halogenated alkanes) is 3. The Labute approximate surface area is 164 Å². The number of rotatable bonds is 7. The Morgan fingerprint density at radius 1 is 0.963 bits per heavy atom.